The molecule has 0 aliphatic heterocycles. The molecule has 116 valence electrons. The van der Waals surface area contributed by atoms with Crippen LogP contribution in [0.15, 0.2) is 29.6 Å². The number of benzene rings is 1. The van der Waals surface area contributed by atoms with Gasteiger partial charge in [0.1, 0.15) is 5.75 Å². The van der Waals surface area contributed by atoms with Gasteiger partial charge in [0.2, 0.25) is 0 Å². The number of hydrogen-bond donors (Lipinski definition) is 1. The fraction of sp³-hybridized carbons (Fsp3) is 0.412. The first kappa shape index (κ1) is 15.0. The lowest BCUT2D eigenvalue weighted by atomic mass is 10.0. The zero-order valence-corrected chi connectivity index (χ0v) is 13.7. The van der Waals surface area contributed by atoms with Crippen molar-refractivity contribution in [2.75, 3.05) is 7.11 Å². The number of nitrogens with one attached hydrogen (secondary N) is 1. The quantitative estimate of drug-likeness (QED) is 0.890. The Bertz CT molecular complexity index is 664. The summed E-state index contributed by atoms with van der Waals surface area (Å²) in [5, 5.41) is 5.01. The highest BCUT2D eigenvalue weighted by Gasteiger charge is 2.32. The molecule has 1 fully saturated rings. The molecule has 1 aliphatic rings. The molecule has 1 aromatic heterocycles. The summed E-state index contributed by atoms with van der Waals surface area (Å²) in [6, 6.07) is 8.24. The average molecular weight is 316 g/mol. The molecule has 0 bridgehead atoms. The maximum Gasteiger partial charge on any atom is 0.254 e. The molecule has 1 amide bonds. The summed E-state index contributed by atoms with van der Waals surface area (Å²) in [6.07, 6.45) is 3.22. The van der Waals surface area contributed by atoms with Gasteiger partial charge in [0.25, 0.3) is 5.91 Å². The van der Waals surface area contributed by atoms with Crippen molar-refractivity contribution in [3.8, 4) is 5.75 Å². The van der Waals surface area contributed by atoms with E-state index >= 15 is 0 Å². The van der Waals surface area contributed by atoms with Crippen LogP contribution in [0.25, 0.3) is 0 Å². The van der Waals surface area contributed by atoms with Gasteiger partial charge in [0, 0.05) is 11.4 Å². The van der Waals surface area contributed by atoms with Gasteiger partial charge in [-0.25, -0.2) is 0 Å². The number of nitrogens with zero attached hydrogens (tertiary/aromatic N) is 1. The molecular weight excluding hydrogens is 296 g/mol. The lowest BCUT2D eigenvalue weighted by molar-refractivity contribution is 0.0931. The highest BCUT2D eigenvalue weighted by molar-refractivity contribution is 7.03. The summed E-state index contributed by atoms with van der Waals surface area (Å²) in [7, 11) is 1.67. The molecule has 1 N–H and O–H groups in total. The summed E-state index contributed by atoms with van der Waals surface area (Å²) in [4.78, 5) is 12.4. The van der Waals surface area contributed by atoms with Crippen LogP contribution in [0.3, 0.4) is 0 Å². The third-order valence-corrected chi connectivity index (χ3v) is 4.81. The molecule has 0 unspecified atom stereocenters. The summed E-state index contributed by atoms with van der Waals surface area (Å²) in [5.74, 6) is 1.43. The second-order valence-corrected chi connectivity index (χ2v) is 6.42. The molecule has 1 aliphatic carbocycles. The van der Waals surface area contributed by atoms with Gasteiger partial charge >= 0.3 is 0 Å². The van der Waals surface area contributed by atoms with Gasteiger partial charge in [-0.15, -0.1) is 0 Å². The van der Waals surface area contributed by atoms with Crippen LogP contribution in [0, 0.1) is 12.8 Å². The zero-order valence-electron chi connectivity index (χ0n) is 12.8. The van der Waals surface area contributed by atoms with Crippen LogP contribution in [-0.4, -0.2) is 23.4 Å². The summed E-state index contributed by atoms with van der Waals surface area (Å²) < 4.78 is 9.45. The lowest BCUT2D eigenvalue weighted by Crippen LogP contribution is -2.38. The van der Waals surface area contributed by atoms with Crippen LogP contribution in [0.2, 0.25) is 0 Å². The van der Waals surface area contributed by atoms with Crippen molar-refractivity contribution in [1.29, 1.82) is 0 Å². The number of amides is 1. The number of aromatic nitrogens is 1. The van der Waals surface area contributed by atoms with Gasteiger partial charge in [-0.2, -0.15) is 4.37 Å². The van der Waals surface area contributed by atoms with Crippen LogP contribution in [0.1, 0.15) is 34.5 Å². The zero-order chi connectivity index (χ0) is 15.5. The van der Waals surface area contributed by atoms with E-state index in [9.17, 15) is 4.79 Å². The van der Waals surface area contributed by atoms with Gasteiger partial charge < -0.3 is 10.1 Å². The van der Waals surface area contributed by atoms with Gasteiger partial charge in [-0.05, 0) is 61.3 Å². The Morgan fingerprint density at radius 2 is 2.32 bits per heavy atom. The Labute approximate surface area is 134 Å². The van der Waals surface area contributed by atoms with Crippen LogP contribution in [0.5, 0.6) is 5.75 Å². The van der Waals surface area contributed by atoms with E-state index in [4.69, 9.17) is 4.74 Å². The summed E-state index contributed by atoms with van der Waals surface area (Å²) >= 11 is 1.33. The molecule has 0 saturated heterocycles. The van der Waals surface area contributed by atoms with E-state index in [-0.39, 0.29) is 11.9 Å². The molecular formula is C17H20N2O2S. The van der Waals surface area contributed by atoms with Crippen molar-refractivity contribution in [1.82, 2.24) is 9.69 Å². The van der Waals surface area contributed by atoms with E-state index in [1.165, 1.54) is 29.9 Å². The Morgan fingerprint density at radius 1 is 1.50 bits per heavy atom. The van der Waals surface area contributed by atoms with Gasteiger partial charge in [0.05, 0.1) is 18.4 Å². The van der Waals surface area contributed by atoms with Crippen molar-refractivity contribution in [2.24, 2.45) is 5.92 Å². The number of methoxy groups -OCH3 is 1. The number of ether oxygens (including phenoxy) is 1. The highest BCUT2D eigenvalue weighted by atomic mass is 32.1. The third-order valence-electron chi connectivity index (χ3n) is 4.09. The molecule has 2 aromatic rings. The van der Waals surface area contributed by atoms with Crippen LogP contribution in [0.4, 0.5) is 0 Å². The van der Waals surface area contributed by atoms with E-state index in [0.717, 1.165) is 17.9 Å². The normalized spacial score (nSPS) is 15.4. The highest BCUT2D eigenvalue weighted by Crippen LogP contribution is 2.34. The maximum atomic E-state index is 12.4. The van der Waals surface area contributed by atoms with Crippen LogP contribution < -0.4 is 10.1 Å². The predicted molar refractivity (Wildman–Crippen MR) is 87.5 cm³/mol. The van der Waals surface area contributed by atoms with Crippen LogP contribution >= 0.6 is 11.5 Å². The molecule has 5 heteroatoms. The molecule has 0 spiro atoms. The summed E-state index contributed by atoms with van der Waals surface area (Å²) in [5.41, 5.74) is 2.69. The van der Waals surface area contributed by atoms with Crippen LogP contribution in [-0.2, 0) is 6.42 Å². The van der Waals surface area contributed by atoms with E-state index in [2.05, 4.69) is 15.8 Å². The van der Waals surface area contributed by atoms with Crippen molar-refractivity contribution >= 4 is 17.4 Å². The third kappa shape index (κ3) is 3.47. The average Bonchev–Trinajstić information content (AvgIpc) is 3.28. The Balaban J connectivity index is 1.70. The minimum Gasteiger partial charge on any atom is -0.497 e. The predicted octanol–water partition coefficient (Wildman–Crippen LogP) is 3.21. The molecule has 1 atom stereocenters. The number of hydrogen-bond acceptors (Lipinski definition) is 4. The molecule has 4 nitrogen and oxygen atoms in total. The molecule has 1 saturated carbocycles. The standard InChI is InChI=1S/C17H20N2O2S/c1-11-15(10-22-19-11)17(20)18-16(13-6-7-13)9-12-4-3-5-14(8-12)21-2/h3-5,8,10,13,16H,6-7,9H2,1-2H3,(H,18,20)/t16-/m0/s1. The van der Waals surface area contributed by atoms with Crippen molar-refractivity contribution in [2.45, 2.75) is 32.2 Å². The van der Waals surface area contributed by atoms with Crippen molar-refractivity contribution in [3.63, 3.8) is 0 Å². The van der Waals surface area contributed by atoms with E-state index in [1.54, 1.807) is 7.11 Å². The monoisotopic (exact) mass is 316 g/mol. The van der Waals surface area contributed by atoms with Crippen molar-refractivity contribution < 1.29 is 9.53 Å². The lowest BCUT2D eigenvalue weighted by Gasteiger charge is -2.18. The minimum atomic E-state index is -0.00829. The number of carbonyl (C=O) groups excluding carboxylic acids is 1. The largest absolute Gasteiger partial charge is 0.497 e. The fourth-order valence-electron chi connectivity index (χ4n) is 2.64. The minimum absolute atomic E-state index is 0.00829. The Morgan fingerprint density at radius 3 is 2.95 bits per heavy atom. The Kier molecular flexibility index (Phi) is 4.43. The van der Waals surface area contributed by atoms with Gasteiger partial charge in [0.15, 0.2) is 0 Å². The topological polar surface area (TPSA) is 51.2 Å². The molecule has 1 aromatic carbocycles. The first-order valence-electron chi connectivity index (χ1n) is 7.52. The number of carbonyl (C=O) groups is 1. The first-order valence-corrected chi connectivity index (χ1v) is 8.36. The fourth-order valence-corrected chi connectivity index (χ4v) is 3.34. The SMILES string of the molecule is COc1cccc(C[C@H](NC(=O)c2csnc2C)C2CC2)c1. The van der Waals surface area contributed by atoms with E-state index < -0.39 is 0 Å². The maximum absolute atomic E-state index is 12.4. The summed E-state index contributed by atoms with van der Waals surface area (Å²) in [6.45, 7) is 1.87. The van der Waals surface area contributed by atoms with Gasteiger partial charge in [-0.1, -0.05) is 12.1 Å². The first-order chi connectivity index (χ1) is 10.7. The molecule has 1 heterocycles. The Hall–Kier alpha value is -1.88. The molecule has 22 heavy (non-hydrogen) atoms. The van der Waals surface area contributed by atoms with E-state index in [1.807, 2.05) is 30.5 Å². The second-order valence-electron chi connectivity index (χ2n) is 5.79. The van der Waals surface area contributed by atoms with Gasteiger partial charge in [-0.3, -0.25) is 4.79 Å². The molecule has 3 rings (SSSR count). The number of rotatable bonds is 6. The second kappa shape index (κ2) is 6.48. The van der Waals surface area contributed by atoms with Crippen molar-refractivity contribution in [3.05, 3.63) is 46.5 Å². The number of aryl methyl sites for hydroxylation is 1. The smallest absolute Gasteiger partial charge is 0.254 e. The molecule has 0 radical (unpaired) electrons. The van der Waals surface area contributed by atoms with E-state index in [0.29, 0.717) is 11.5 Å².